The molecule has 2 nitrogen and oxygen atoms in total. The quantitative estimate of drug-likeness (QED) is 0.401. The summed E-state index contributed by atoms with van der Waals surface area (Å²) >= 11 is 0. The Hall–Kier alpha value is -2.14. The monoisotopic (exact) mass is 488 g/mol. The van der Waals surface area contributed by atoms with Gasteiger partial charge in [0.05, 0.1) is 10.7 Å². The van der Waals surface area contributed by atoms with Crippen LogP contribution in [-0.4, -0.2) is 12.8 Å². The van der Waals surface area contributed by atoms with Crippen LogP contribution in [0.1, 0.15) is 52.7 Å². The molecule has 3 aliphatic rings. The van der Waals surface area contributed by atoms with E-state index in [4.69, 9.17) is 9.26 Å². The van der Waals surface area contributed by atoms with Gasteiger partial charge in [0, 0.05) is 17.2 Å². The molecule has 0 saturated carbocycles. The van der Waals surface area contributed by atoms with Crippen LogP contribution in [0.5, 0.6) is 0 Å². The average Bonchev–Trinajstić information content (AvgIpc) is 3.20. The maximum atomic E-state index is 6.67. The maximum Gasteiger partial charge on any atom is 0.130 e. The predicted molar refractivity (Wildman–Crippen MR) is 148 cm³/mol. The van der Waals surface area contributed by atoms with Gasteiger partial charge in [-0.2, -0.15) is 0 Å². The van der Waals surface area contributed by atoms with Crippen LogP contribution >= 0.6 is 17.4 Å². The first-order valence-electron chi connectivity index (χ1n) is 12.0. The second kappa shape index (κ2) is 8.51. The molecular formula is C30H34O2P2. The first-order valence-corrected chi connectivity index (χ1v) is 14.0. The van der Waals surface area contributed by atoms with Crippen LogP contribution in [-0.2, 0) is 9.26 Å². The largest absolute Gasteiger partial charge is 0.492 e. The number of hydrogen-bond acceptors (Lipinski definition) is 2. The zero-order valence-electron chi connectivity index (χ0n) is 21.0. The van der Waals surface area contributed by atoms with Gasteiger partial charge in [-0.3, -0.25) is 0 Å². The summed E-state index contributed by atoms with van der Waals surface area (Å²) in [4.78, 5) is 0. The van der Waals surface area contributed by atoms with E-state index in [1.54, 1.807) is 0 Å². The molecule has 0 aromatic heterocycles. The van der Waals surface area contributed by atoms with E-state index in [0.717, 1.165) is 17.7 Å². The Labute approximate surface area is 207 Å². The van der Waals surface area contributed by atoms with Gasteiger partial charge in [-0.05, 0) is 62.5 Å². The standard InChI is InChI=1S/C30H34O2P2/c1-19-27(31-17-29(19,5)26(22(4)33)24-15-11-8-12-16-24)28-20(2)30(6)18-34(28)32-21(3)25(30)23-13-9-7-10-14-23/h7-16H,17-18,33H2,1-6H3. The third kappa shape index (κ3) is 3.45. The summed E-state index contributed by atoms with van der Waals surface area (Å²) in [7, 11) is 2.18. The molecule has 5 rings (SSSR count). The Morgan fingerprint density at radius 1 is 0.912 bits per heavy atom. The SMILES string of the molecule is CC(P)=C(c1ccccc1)C1(C)COC(C2=C(C)C3(C)CP2OC(C)=C3c2ccccc2)=C1C. The van der Waals surface area contributed by atoms with Gasteiger partial charge in [-0.15, -0.1) is 9.24 Å². The fourth-order valence-electron chi connectivity index (χ4n) is 6.06. The number of benzene rings is 2. The number of hydrogen-bond donors (Lipinski definition) is 0. The molecule has 3 heterocycles. The predicted octanol–water partition coefficient (Wildman–Crippen LogP) is 8.76. The Morgan fingerprint density at radius 3 is 2.15 bits per heavy atom. The molecule has 2 bridgehead atoms. The summed E-state index contributed by atoms with van der Waals surface area (Å²) in [6.45, 7) is 14.3. The van der Waals surface area contributed by atoms with E-state index in [1.807, 2.05) is 0 Å². The Kier molecular flexibility index (Phi) is 5.91. The van der Waals surface area contributed by atoms with Crippen molar-refractivity contribution in [1.82, 2.24) is 0 Å². The highest BCUT2D eigenvalue weighted by Gasteiger charge is 2.53. The average molecular weight is 489 g/mol. The Morgan fingerprint density at radius 2 is 1.53 bits per heavy atom. The van der Waals surface area contributed by atoms with Gasteiger partial charge in [0.2, 0.25) is 0 Å². The molecule has 0 amide bonds. The molecule has 0 saturated heterocycles. The fraction of sp³-hybridized carbons (Fsp3) is 0.333. The van der Waals surface area contributed by atoms with E-state index in [9.17, 15) is 0 Å². The first kappa shape index (κ1) is 23.6. The zero-order valence-corrected chi connectivity index (χ0v) is 23.1. The van der Waals surface area contributed by atoms with Crippen molar-refractivity contribution in [3.05, 3.63) is 105 Å². The molecule has 2 aromatic carbocycles. The van der Waals surface area contributed by atoms with Gasteiger partial charge in [-0.25, -0.2) is 0 Å². The third-order valence-electron chi connectivity index (χ3n) is 8.00. The summed E-state index contributed by atoms with van der Waals surface area (Å²) in [5.74, 6) is 2.13. The van der Waals surface area contributed by atoms with Gasteiger partial charge >= 0.3 is 0 Å². The topological polar surface area (TPSA) is 18.5 Å². The second-order valence-corrected chi connectivity index (χ2v) is 12.8. The molecule has 0 N–H and O–H groups in total. The molecule has 0 fully saturated rings. The molecule has 4 heteroatoms. The van der Waals surface area contributed by atoms with Crippen molar-refractivity contribution >= 4 is 28.5 Å². The van der Waals surface area contributed by atoms with E-state index >= 15 is 0 Å². The minimum Gasteiger partial charge on any atom is -0.492 e. The Bertz CT molecular complexity index is 1270. The number of fused-ring (bicyclic) bond motifs is 2. The van der Waals surface area contributed by atoms with Crippen LogP contribution in [0.15, 0.2) is 94.0 Å². The zero-order chi connectivity index (χ0) is 24.3. The van der Waals surface area contributed by atoms with Gasteiger partial charge in [0.1, 0.15) is 26.3 Å². The van der Waals surface area contributed by atoms with Crippen molar-refractivity contribution < 1.29 is 9.26 Å². The van der Waals surface area contributed by atoms with Crippen LogP contribution in [0, 0.1) is 10.8 Å². The van der Waals surface area contributed by atoms with Crippen molar-refractivity contribution in [2.45, 2.75) is 41.5 Å². The lowest BCUT2D eigenvalue weighted by atomic mass is 9.72. The van der Waals surface area contributed by atoms with Crippen LogP contribution in [0.2, 0.25) is 0 Å². The molecule has 4 atom stereocenters. The van der Waals surface area contributed by atoms with Gasteiger partial charge in [0.25, 0.3) is 0 Å². The minimum atomic E-state index is -0.754. The van der Waals surface area contributed by atoms with E-state index < -0.39 is 8.15 Å². The lowest BCUT2D eigenvalue weighted by molar-refractivity contribution is 0.209. The van der Waals surface area contributed by atoms with Crippen molar-refractivity contribution in [2.75, 3.05) is 12.8 Å². The fourth-order valence-corrected chi connectivity index (χ4v) is 9.33. The summed E-state index contributed by atoms with van der Waals surface area (Å²) in [5.41, 5.74) is 7.67. The normalized spacial score (nSPS) is 29.3. The minimum absolute atomic E-state index is 0.0328. The molecule has 176 valence electrons. The third-order valence-corrected chi connectivity index (χ3v) is 10.7. The van der Waals surface area contributed by atoms with Crippen LogP contribution < -0.4 is 0 Å². The lowest BCUT2D eigenvalue weighted by Gasteiger charge is -2.35. The van der Waals surface area contributed by atoms with Crippen LogP contribution in [0.4, 0.5) is 0 Å². The molecule has 0 spiro atoms. The lowest BCUT2D eigenvalue weighted by Crippen LogP contribution is -2.24. The number of ether oxygens (including phenoxy) is 1. The van der Waals surface area contributed by atoms with Gasteiger partial charge in [-0.1, -0.05) is 72.9 Å². The van der Waals surface area contributed by atoms with Crippen molar-refractivity contribution in [3.63, 3.8) is 0 Å². The van der Waals surface area contributed by atoms with E-state index in [0.29, 0.717) is 6.61 Å². The van der Waals surface area contributed by atoms with Crippen molar-refractivity contribution in [2.24, 2.45) is 10.8 Å². The summed E-state index contributed by atoms with van der Waals surface area (Å²) < 4.78 is 13.3. The van der Waals surface area contributed by atoms with E-state index in [2.05, 4.69) is 111 Å². The summed E-state index contributed by atoms with van der Waals surface area (Å²) in [6.07, 6.45) is 1.02. The molecule has 2 aromatic rings. The van der Waals surface area contributed by atoms with Gasteiger partial charge in [0.15, 0.2) is 0 Å². The van der Waals surface area contributed by atoms with E-state index in [-0.39, 0.29) is 10.8 Å². The number of allylic oxidation sites excluding steroid dienone is 5. The smallest absolute Gasteiger partial charge is 0.130 e. The van der Waals surface area contributed by atoms with Crippen LogP contribution in [0.25, 0.3) is 11.1 Å². The molecule has 34 heavy (non-hydrogen) atoms. The Balaban J connectivity index is 1.62. The van der Waals surface area contributed by atoms with E-state index in [1.165, 1.54) is 44.0 Å². The van der Waals surface area contributed by atoms with Crippen molar-refractivity contribution in [1.29, 1.82) is 0 Å². The molecule has 4 unspecified atom stereocenters. The molecule has 0 aliphatic carbocycles. The summed E-state index contributed by atoms with van der Waals surface area (Å²) in [6, 6.07) is 21.5. The highest BCUT2D eigenvalue weighted by Crippen LogP contribution is 2.72. The molecular weight excluding hydrogens is 454 g/mol. The highest BCUT2D eigenvalue weighted by atomic mass is 31.1. The van der Waals surface area contributed by atoms with Gasteiger partial charge < -0.3 is 9.26 Å². The first-order chi connectivity index (χ1) is 16.2. The molecule has 0 radical (unpaired) electrons. The molecule has 3 aliphatic heterocycles. The van der Waals surface area contributed by atoms with Crippen molar-refractivity contribution in [3.8, 4) is 0 Å². The number of rotatable bonds is 4. The highest BCUT2D eigenvalue weighted by molar-refractivity contribution is 7.58. The van der Waals surface area contributed by atoms with Crippen LogP contribution in [0.3, 0.4) is 0 Å². The second-order valence-electron chi connectivity index (χ2n) is 10.2. The maximum absolute atomic E-state index is 6.67. The summed E-state index contributed by atoms with van der Waals surface area (Å²) in [5, 5.41) is 2.57.